The summed E-state index contributed by atoms with van der Waals surface area (Å²) in [5.74, 6) is 1.00. The van der Waals surface area contributed by atoms with Crippen LogP contribution >= 0.6 is 0 Å². The largest absolute Gasteiger partial charge is 0.353 e. The highest BCUT2D eigenvalue weighted by Crippen LogP contribution is 2.31. The third-order valence-corrected chi connectivity index (χ3v) is 7.25. The van der Waals surface area contributed by atoms with E-state index >= 15 is 0 Å². The fraction of sp³-hybridized carbons (Fsp3) is 0.379. The Hall–Kier alpha value is -3.74. The van der Waals surface area contributed by atoms with Gasteiger partial charge in [-0.25, -0.2) is 4.68 Å². The van der Waals surface area contributed by atoms with E-state index in [4.69, 9.17) is 5.10 Å². The Morgan fingerprint density at radius 1 is 1.00 bits per heavy atom. The first-order chi connectivity index (χ1) is 17.5. The normalized spacial score (nSPS) is 15.2. The van der Waals surface area contributed by atoms with Crippen LogP contribution in [0.1, 0.15) is 43.1 Å². The monoisotopic (exact) mass is 482 g/mol. The minimum atomic E-state index is 0.0259. The van der Waals surface area contributed by atoms with Gasteiger partial charge in [0.25, 0.3) is 0 Å². The first kappa shape index (κ1) is 24.0. The zero-order valence-corrected chi connectivity index (χ0v) is 21.3. The van der Waals surface area contributed by atoms with Crippen LogP contribution in [0.4, 0.5) is 5.82 Å². The first-order valence-corrected chi connectivity index (χ1v) is 12.9. The van der Waals surface area contributed by atoms with Gasteiger partial charge in [0.2, 0.25) is 5.91 Å². The molecule has 1 aliphatic rings. The molecule has 1 aliphatic heterocycles. The maximum Gasteiger partial charge on any atom is 0.223 e. The molecule has 1 saturated heterocycles. The highest BCUT2D eigenvalue weighted by atomic mass is 16.1. The predicted molar refractivity (Wildman–Crippen MR) is 143 cm³/mol. The van der Waals surface area contributed by atoms with Crippen LogP contribution in [0, 0.1) is 19.8 Å². The fourth-order valence-electron chi connectivity index (χ4n) is 5.16. The van der Waals surface area contributed by atoms with Gasteiger partial charge in [-0.05, 0) is 64.2 Å². The van der Waals surface area contributed by atoms with Crippen LogP contribution in [0.25, 0.3) is 16.6 Å². The lowest BCUT2D eigenvalue weighted by Crippen LogP contribution is -2.43. The van der Waals surface area contributed by atoms with Gasteiger partial charge >= 0.3 is 0 Å². The summed E-state index contributed by atoms with van der Waals surface area (Å²) < 4.78 is 1.97. The zero-order valence-electron chi connectivity index (χ0n) is 21.3. The number of fused-ring (bicyclic) bond motifs is 1. The lowest BCUT2D eigenvalue weighted by atomic mass is 9.95. The molecule has 7 heteroatoms. The number of benzene rings is 2. The van der Waals surface area contributed by atoms with Gasteiger partial charge in [0.1, 0.15) is 5.52 Å². The number of amides is 1. The molecular formula is C29H34N6O. The molecule has 1 N–H and O–H groups in total. The molecule has 1 fully saturated rings. The Balaban J connectivity index is 1.24. The van der Waals surface area contributed by atoms with Crippen molar-refractivity contribution in [2.45, 2.75) is 52.5 Å². The molecular weight excluding hydrogens is 448 g/mol. The summed E-state index contributed by atoms with van der Waals surface area (Å²) in [7, 11) is 0. The SMILES string of the molecule is Cc1nnc(N2CCC(C(=O)N[C@@H](C)CCc3ccccc3)CC2)c2nn(-c3ccccc3)c(C)c12. The maximum atomic E-state index is 13.0. The first-order valence-electron chi connectivity index (χ1n) is 12.9. The van der Waals surface area contributed by atoms with Crippen molar-refractivity contribution in [2.75, 3.05) is 18.0 Å². The van der Waals surface area contributed by atoms with E-state index in [2.05, 4.69) is 70.7 Å². The molecule has 1 amide bonds. The van der Waals surface area contributed by atoms with E-state index in [0.717, 1.165) is 72.6 Å². The highest BCUT2D eigenvalue weighted by molar-refractivity contribution is 5.92. The number of para-hydroxylation sites is 1. The number of piperidine rings is 1. The summed E-state index contributed by atoms with van der Waals surface area (Å²) in [5, 5.41) is 18.3. The molecule has 36 heavy (non-hydrogen) atoms. The number of aromatic nitrogens is 4. The van der Waals surface area contributed by atoms with E-state index in [1.54, 1.807) is 0 Å². The van der Waals surface area contributed by atoms with Crippen molar-refractivity contribution in [3.05, 3.63) is 77.6 Å². The van der Waals surface area contributed by atoms with E-state index in [9.17, 15) is 4.79 Å². The summed E-state index contributed by atoms with van der Waals surface area (Å²) in [4.78, 5) is 15.2. The van der Waals surface area contributed by atoms with Gasteiger partial charge in [0, 0.05) is 25.0 Å². The van der Waals surface area contributed by atoms with Gasteiger partial charge in [-0.2, -0.15) is 10.2 Å². The second-order valence-corrected chi connectivity index (χ2v) is 9.86. The van der Waals surface area contributed by atoms with Crippen LogP contribution in [0.5, 0.6) is 0 Å². The number of hydrogen-bond donors (Lipinski definition) is 1. The van der Waals surface area contributed by atoms with Crippen molar-refractivity contribution in [1.29, 1.82) is 0 Å². The summed E-state index contributed by atoms with van der Waals surface area (Å²) in [6.45, 7) is 7.69. The molecule has 7 nitrogen and oxygen atoms in total. The number of carbonyl (C=O) groups excluding carboxylic acids is 1. The number of nitrogens with one attached hydrogen (secondary N) is 1. The van der Waals surface area contributed by atoms with Gasteiger partial charge < -0.3 is 10.2 Å². The lowest BCUT2D eigenvalue weighted by Gasteiger charge is -2.32. The Labute approximate surface area is 212 Å². The van der Waals surface area contributed by atoms with Crippen molar-refractivity contribution >= 4 is 22.6 Å². The number of rotatable bonds is 7. The molecule has 5 rings (SSSR count). The van der Waals surface area contributed by atoms with Crippen LogP contribution in [0.2, 0.25) is 0 Å². The predicted octanol–water partition coefficient (Wildman–Crippen LogP) is 4.79. The number of anilines is 1. The standard InChI is InChI=1S/C29H34N6O/c1-20(14-15-23-10-6-4-7-11-23)30-29(36)24-16-18-34(19-17-24)28-27-26(21(2)31-32-28)22(3)35(33-27)25-12-8-5-9-13-25/h4-13,20,24H,14-19H2,1-3H3,(H,30,36)/t20-/m0/s1. The fourth-order valence-corrected chi connectivity index (χ4v) is 5.16. The Morgan fingerprint density at radius 2 is 1.67 bits per heavy atom. The second kappa shape index (κ2) is 10.5. The molecule has 0 radical (unpaired) electrons. The third kappa shape index (κ3) is 4.96. The number of carbonyl (C=O) groups is 1. The van der Waals surface area contributed by atoms with E-state index in [1.165, 1.54) is 5.56 Å². The van der Waals surface area contributed by atoms with Crippen LogP contribution in [-0.4, -0.2) is 45.0 Å². The summed E-state index contributed by atoms with van der Waals surface area (Å²) in [6, 6.07) is 20.7. The van der Waals surface area contributed by atoms with Gasteiger partial charge in [-0.3, -0.25) is 4.79 Å². The summed E-state index contributed by atoms with van der Waals surface area (Å²) in [5.41, 5.74) is 5.15. The highest BCUT2D eigenvalue weighted by Gasteiger charge is 2.28. The number of nitrogens with zero attached hydrogens (tertiary/aromatic N) is 5. The van der Waals surface area contributed by atoms with E-state index in [-0.39, 0.29) is 17.9 Å². The lowest BCUT2D eigenvalue weighted by molar-refractivity contribution is -0.126. The topological polar surface area (TPSA) is 75.9 Å². The van der Waals surface area contributed by atoms with Gasteiger partial charge in [-0.1, -0.05) is 48.5 Å². The third-order valence-electron chi connectivity index (χ3n) is 7.25. The van der Waals surface area contributed by atoms with E-state index < -0.39 is 0 Å². The van der Waals surface area contributed by atoms with E-state index in [0.29, 0.717) is 0 Å². The minimum Gasteiger partial charge on any atom is -0.353 e. The molecule has 0 bridgehead atoms. The van der Waals surface area contributed by atoms with Crippen LogP contribution in [0.15, 0.2) is 60.7 Å². The second-order valence-electron chi connectivity index (χ2n) is 9.86. The van der Waals surface area contributed by atoms with Crippen molar-refractivity contribution in [2.24, 2.45) is 5.92 Å². The van der Waals surface area contributed by atoms with Gasteiger partial charge in [-0.15, -0.1) is 5.10 Å². The Kier molecular flexibility index (Phi) is 6.98. The molecule has 1 atom stereocenters. The molecule has 0 spiro atoms. The maximum absolute atomic E-state index is 13.0. The Bertz CT molecular complexity index is 1330. The van der Waals surface area contributed by atoms with Crippen molar-refractivity contribution in [1.82, 2.24) is 25.3 Å². The van der Waals surface area contributed by atoms with Crippen molar-refractivity contribution in [3.63, 3.8) is 0 Å². The number of aryl methyl sites for hydroxylation is 3. The van der Waals surface area contributed by atoms with E-state index in [1.807, 2.05) is 35.9 Å². The molecule has 4 aromatic rings. The van der Waals surface area contributed by atoms with Crippen LogP contribution < -0.4 is 10.2 Å². The zero-order chi connectivity index (χ0) is 25.1. The van der Waals surface area contributed by atoms with Crippen LogP contribution in [-0.2, 0) is 11.2 Å². The molecule has 186 valence electrons. The van der Waals surface area contributed by atoms with Crippen molar-refractivity contribution < 1.29 is 4.79 Å². The molecule has 0 aliphatic carbocycles. The average molecular weight is 483 g/mol. The molecule has 2 aromatic heterocycles. The molecule has 3 heterocycles. The number of hydrogen-bond acceptors (Lipinski definition) is 5. The molecule has 2 aromatic carbocycles. The van der Waals surface area contributed by atoms with Crippen molar-refractivity contribution in [3.8, 4) is 5.69 Å². The van der Waals surface area contributed by atoms with Gasteiger partial charge in [0.05, 0.1) is 22.5 Å². The minimum absolute atomic E-state index is 0.0259. The molecule has 0 saturated carbocycles. The average Bonchev–Trinajstić information content (AvgIpc) is 3.27. The van der Waals surface area contributed by atoms with Crippen LogP contribution in [0.3, 0.4) is 0 Å². The molecule has 0 unspecified atom stereocenters. The summed E-state index contributed by atoms with van der Waals surface area (Å²) >= 11 is 0. The van der Waals surface area contributed by atoms with Gasteiger partial charge in [0.15, 0.2) is 5.82 Å². The summed E-state index contributed by atoms with van der Waals surface area (Å²) in [6.07, 6.45) is 3.51. The smallest absolute Gasteiger partial charge is 0.223 e. The Morgan fingerprint density at radius 3 is 2.36 bits per heavy atom. The quantitative estimate of drug-likeness (QED) is 0.410.